The molecule has 0 heterocycles. The molecule has 1 N–H and O–H groups in total. The third kappa shape index (κ3) is 7.46. The van der Waals surface area contributed by atoms with E-state index in [9.17, 15) is 18.0 Å². The van der Waals surface area contributed by atoms with E-state index in [0.29, 0.717) is 10.7 Å². The molecule has 34 heavy (non-hydrogen) atoms. The quantitative estimate of drug-likeness (QED) is 0.525. The van der Waals surface area contributed by atoms with Crippen LogP contribution in [-0.4, -0.2) is 50.0 Å². The lowest BCUT2D eigenvalue weighted by atomic mass is 10.1. The Morgan fingerprint density at radius 1 is 1.03 bits per heavy atom. The van der Waals surface area contributed by atoms with Gasteiger partial charge in [-0.2, -0.15) is 0 Å². The van der Waals surface area contributed by atoms with Gasteiger partial charge in [-0.25, -0.2) is 8.42 Å². The second-order valence-corrected chi connectivity index (χ2v) is 11.0. The van der Waals surface area contributed by atoms with Gasteiger partial charge in [-0.1, -0.05) is 36.7 Å². The van der Waals surface area contributed by atoms with E-state index in [0.717, 1.165) is 33.7 Å². The Morgan fingerprint density at radius 3 is 2.18 bits per heavy atom. The second-order valence-electron chi connectivity index (χ2n) is 8.68. The maximum absolute atomic E-state index is 13.5. The average Bonchev–Trinajstić information content (AvgIpc) is 2.77. The van der Waals surface area contributed by atoms with Gasteiger partial charge in [-0.15, -0.1) is 0 Å². The molecule has 0 aliphatic heterocycles. The Morgan fingerprint density at radius 2 is 1.65 bits per heavy atom. The van der Waals surface area contributed by atoms with Gasteiger partial charge < -0.3 is 10.2 Å². The molecule has 2 rings (SSSR count). The first-order valence-corrected chi connectivity index (χ1v) is 13.4. The minimum absolute atomic E-state index is 0.0505. The molecule has 2 unspecified atom stereocenters. The lowest BCUT2D eigenvalue weighted by Gasteiger charge is -2.32. The van der Waals surface area contributed by atoms with Gasteiger partial charge in [0.15, 0.2) is 0 Å². The number of rotatable bonds is 10. The van der Waals surface area contributed by atoms with Crippen LogP contribution in [-0.2, 0) is 26.2 Å². The average molecular weight is 508 g/mol. The van der Waals surface area contributed by atoms with Gasteiger partial charge in [0.25, 0.3) is 0 Å². The Hall–Kier alpha value is -2.58. The van der Waals surface area contributed by atoms with Crippen molar-refractivity contribution in [3.05, 3.63) is 64.2 Å². The largest absolute Gasteiger partial charge is 0.352 e. The first-order valence-electron chi connectivity index (χ1n) is 11.2. The number of hydrogen-bond donors (Lipinski definition) is 1. The molecular formula is C25H34ClN3O4S. The Kier molecular flexibility index (Phi) is 9.53. The molecule has 0 aromatic heterocycles. The van der Waals surface area contributed by atoms with E-state index in [1.807, 2.05) is 33.8 Å². The Labute approximate surface area is 208 Å². The van der Waals surface area contributed by atoms with Gasteiger partial charge in [-0.05, 0) is 75.1 Å². The molecule has 0 fully saturated rings. The van der Waals surface area contributed by atoms with Gasteiger partial charge >= 0.3 is 0 Å². The van der Waals surface area contributed by atoms with Crippen molar-refractivity contribution in [1.29, 1.82) is 0 Å². The third-order valence-electron chi connectivity index (χ3n) is 5.89. The van der Waals surface area contributed by atoms with Crippen molar-refractivity contribution in [1.82, 2.24) is 10.2 Å². The number of benzene rings is 2. The van der Waals surface area contributed by atoms with Crippen molar-refractivity contribution in [2.24, 2.45) is 0 Å². The summed E-state index contributed by atoms with van der Waals surface area (Å²) in [6, 6.07) is 11.4. The van der Waals surface area contributed by atoms with Crippen molar-refractivity contribution < 1.29 is 18.0 Å². The van der Waals surface area contributed by atoms with Crippen LogP contribution in [0.5, 0.6) is 0 Å². The number of sulfonamides is 1. The van der Waals surface area contributed by atoms with Gasteiger partial charge in [0.2, 0.25) is 21.8 Å². The Bertz CT molecular complexity index is 1120. The van der Waals surface area contributed by atoms with Gasteiger partial charge in [0.1, 0.15) is 12.6 Å². The summed E-state index contributed by atoms with van der Waals surface area (Å²) in [5, 5.41) is 3.46. The standard InChI is InChI=1S/C25H34ClN3O4S/c1-7-19(4)27-25(31)20(5)28(15-21-9-11-22(26)12-10-21)24(30)16-29(34(6,32)33)23-13-8-17(2)18(3)14-23/h8-14,19-20H,7,15-16H2,1-6H3,(H,27,31). The zero-order chi connectivity index (χ0) is 25.6. The van der Waals surface area contributed by atoms with Crippen molar-refractivity contribution in [3.8, 4) is 0 Å². The number of nitrogens with one attached hydrogen (secondary N) is 1. The number of nitrogens with zero attached hydrogens (tertiary/aromatic N) is 2. The molecule has 0 aliphatic rings. The third-order valence-corrected chi connectivity index (χ3v) is 7.28. The van der Waals surface area contributed by atoms with Crippen LogP contribution >= 0.6 is 11.6 Å². The van der Waals surface area contributed by atoms with Crippen LogP contribution in [0.1, 0.15) is 43.9 Å². The maximum Gasteiger partial charge on any atom is 0.244 e. The first-order chi connectivity index (χ1) is 15.8. The predicted molar refractivity (Wildman–Crippen MR) is 137 cm³/mol. The van der Waals surface area contributed by atoms with Gasteiger partial charge in [0.05, 0.1) is 11.9 Å². The molecule has 0 spiro atoms. The maximum atomic E-state index is 13.5. The monoisotopic (exact) mass is 507 g/mol. The van der Waals surface area contributed by atoms with E-state index in [1.54, 1.807) is 43.3 Å². The lowest BCUT2D eigenvalue weighted by Crippen LogP contribution is -2.52. The predicted octanol–water partition coefficient (Wildman–Crippen LogP) is 4.05. The summed E-state index contributed by atoms with van der Waals surface area (Å²) in [4.78, 5) is 27.8. The number of aryl methyl sites for hydroxylation is 2. The number of anilines is 1. The molecule has 9 heteroatoms. The number of halogens is 1. The number of amides is 2. The van der Waals surface area contributed by atoms with Crippen molar-refractivity contribution >= 4 is 39.1 Å². The fraction of sp³-hybridized carbons (Fsp3) is 0.440. The van der Waals surface area contributed by atoms with E-state index in [-0.39, 0.29) is 18.5 Å². The summed E-state index contributed by atoms with van der Waals surface area (Å²) < 4.78 is 26.3. The summed E-state index contributed by atoms with van der Waals surface area (Å²) in [5.74, 6) is -0.779. The summed E-state index contributed by atoms with van der Waals surface area (Å²) in [6.07, 6.45) is 1.82. The zero-order valence-corrected chi connectivity index (χ0v) is 22.2. The van der Waals surface area contributed by atoms with Gasteiger partial charge in [0, 0.05) is 17.6 Å². The Balaban J connectivity index is 2.39. The minimum atomic E-state index is -3.76. The zero-order valence-electron chi connectivity index (χ0n) is 20.6. The summed E-state index contributed by atoms with van der Waals surface area (Å²) in [7, 11) is -3.76. The molecule has 0 radical (unpaired) electrons. The van der Waals surface area contributed by atoms with Crippen LogP contribution in [0.25, 0.3) is 0 Å². The highest BCUT2D eigenvalue weighted by Crippen LogP contribution is 2.22. The molecule has 0 aliphatic carbocycles. The molecule has 0 saturated heterocycles. The lowest BCUT2D eigenvalue weighted by molar-refractivity contribution is -0.139. The summed E-state index contributed by atoms with van der Waals surface area (Å²) in [5.41, 5.74) is 3.11. The van der Waals surface area contributed by atoms with E-state index < -0.39 is 28.5 Å². The molecule has 186 valence electrons. The number of carbonyl (C=O) groups excluding carboxylic acids is 2. The van der Waals surface area contributed by atoms with Crippen LogP contribution in [0.3, 0.4) is 0 Å². The molecule has 2 amide bonds. The van der Waals surface area contributed by atoms with Crippen LogP contribution in [0.15, 0.2) is 42.5 Å². The fourth-order valence-corrected chi connectivity index (χ4v) is 4.30. The molecule has 0 saturated carbocycles. The topological polar surface area (TPSA) is 86.8 Å². The number of carbonyl (C=O) groups is 2. The van der Waals surface area contributed by atoms with E-state index >= 15 is 0 Å². The normalized spacial score (nSPS) is 13.1. The molecule has 2 aromatic rings. The number of hydrogen-bond acceptors (Lipinski definition) is 4. The van der Waals surface area contributed by atoms with Crippen molar-refractivity contribution in [3.63, 3.8) is 0 Å². The molecule has 0 bridgehead atoms. The van der Waals surface area contributed by atoms with Crippen LogP contribution in [0, 0.1) is 13.8 Å². The van der Waals surface area contributed by atoms with Crippen molar-refractivity contribution in [2.75, 3.05) is 17.1 Å². The van der Waals surface area contributed by atoms with Gasteiger partial charge in [-0.3, -0.25) is 13.9 Å². The minimum Gasteiger partial charge on any atom is -0.352 e. The SMILES string of the molecule is CCC(C)NC(=O)C(C)N(Cc1ccc(Cl)cc1)C(=O)CN(c1ccc(C)c(C)c1)S(C)(=O)=O. The highest BCUT2D eigenvalue weighted by Gasteiger charge is 2.30. The molecule has 2 atom stereocenters. The van der Waals surface area contributed by atoms with Crippen LogP contribution in [0.2, 0.25) is 5.02 Å². The highest BCUT2D eigenvalue weighted by atomic mass is 35.5. The molecule has 2 aromatic carbocycles. The first kappa shape index (κ1) is 27.7. The van der Waals surface area contributed by atoms with E-state index in [1.165, 1.54) is 4.90 Å². The van der Waals surface area contributed by atoms with Crippen LogP contribution in [0.4, 0.5) is 5.69 Å². The fourth-order valence-electron chi connectivity index (χ4n) is 3.33. The molecule has 7 nitrogen and oxygen atoms in total. The second kappa shape index (κ2) is 11.7. The van der Waals surface area contributed by atoms with Crippen LogP contribution < -0.4 is 9.62 Å². The summed E-state index contributed by atoms with van der Waals surface area (Å²) in [6.45, 7) is 9.02. The smallest absolute Gasteiger partial charge is 0.244 e. The molecular weight excluding hydrogens is 474 g/mol. The summed E-state index contributed by atoms with van der Waals surface area (Å²) >= 11 is 5.99. The van der Waals surface area contributed by atoms with Crippen molar-refractivity contribution in [2.45, 2.75) is 59.7 Å². The van der Waals surface area contributed by atoms with E-state index in [2.05, 4.69) is 5.32 Å². The van der Waals surface area contributed by atoms with E-state index in [4.69, 9.17) is 11.6 Å². The highest BCUT2D eigenvalue weighted by molar-refractivity contribution is 7.92.